The van der Waals surface area contributed by atoms with Crippen LogP contribution in [0.2, 0.25) is 5.02 Å². The molecule has 3 rings (SSSR count). The van der Waals surface area contributed by atoms with Gasteiger partial charge in [0.25, 0.3) is 5.91 Å². The minimum Gasteiger partial charge on any atom is -0.267 e. The molecular formula is C18H13ClN2O. The SMILES string of the molecule is O=C(c1ccccc1Cl)n1ccc(C=Cc2ccccc2)n1. The summed E-state index contributed by atoms with van der Waals surface area (Å²) in [6.45, 7) is 0. The van der Waals surface area contributed by atoms with Gasteiger partial charge >= 0.3 is 0 Å². The van der Waals surface area contributed by atoms with Gasteiger partial charge in [-0.2, -0.15) is 5.10 Å². The third-order valence-electron chi connectivity index (χ3n) is 3.17. The zero-order valence-corrected chi connectivity index (χ0v) is 12.4. The third-order valence-corrected chi connectivity index (χ3v) is 3.50. The van der Waals surface area contributed by atoms with E-state index < -0.39 is 0 Å². The maximum atomic E-state index is 12.3. The lowest BCUT2D eigenvalue weighted by atomic mass is 10.2. The lowest BCUT2D eigenvalue weighted by Crippen LogP contribution is -2.13. The lowest BCUT2D eigenvalue weighted by molar-refractivity contribution is 0.0945. The van der Waals surface area contributed by atoms with Crippen molar-refractivity contribution in [2.45, 2.75) is 0 Å². The summed E-state index contributed by atoms with van der Waals surface area (Å²) in [5, 5.41) is 4.69. The van der Waals surface area contributed by atoms with E-state index in [0.29, 0.717) is 16.3 Å². The Labute approximate surface area is 133 Å². The van der Waals surface area contributed by atoms with Crippen LogP contribution in [-0.2, 0) is 0 Å². The molecule has 0 radical (unpaired) electrons. The summed E-state index contributed by atoms with van der Waals surface area (Å²) in [7, 11) is 0. The first-order chi connectivity index (χ1) is 10.7. The van der Waals surface area contributed by atoms with E-state index in [0.717, 1.165) is 5.56 Å². The van der Waals surface area contributed by atoms with Crippen LogP contribution >= 0.6 is 11.6 Å². The molecule has 4 heteroatoms. The summed E-state index contributed by atoms with van der Waals surface area (Å²) >= 11 is 6.04. The highest BCUT2D eigenvalue weighted by atomic mass is 35.5. The number of hydrogen-bond donors (Lipinski definition) is 0. The summed E-state index contributed by atoms with van der Waals surface area (Å²) in [6, 6.07) is 18.6. The van der Waals surface area contributed by atoms with Crippen molar-refractivity contribution < 1.29 is 4.79 Å². The van der Waals surface area contributed by atoms with Crippen molar-refractivity contribution in [2.24, 2.45) is 0 Å². The van der Waals surface area contributed by atoms with Crippen molar-refractivity contribution in [1.82, 2.24) is 9.78 Å². The molecule has 3 nitrogen and oxygen atoms in total. The quantitative estimate of drug-likeness (QED) is 0.719. The van der Waals surface area contributed by atoms with Crippen molar-refractivity contribution in [3.63, 3.8) is 0 Å². The molecule has 1 aromatic heterocycles. The fourth-order valence-corrected chi connectivity index (χ4v) is 2.26. The molecule has 0 aliphatic heterocycles. The molecule has 0 spiro atoms. The maximum absolute atomic E-state index is 12.3. The zero-order chi connectivity index (χ0) is 15.4. The first-order valence-electron chi connectivity index (χ1n) is 6.82. The smallest absolute Gasteiger partial charge is 0.267 e. The molecule has 0 aliphatic carbocycles. The molecule has 0 N–H and O–H groups in total. The first-order valence-corrected chi connectivity index (χ1v) is 7.20. The second-order valence-corrected chi connectivity index (χ2v) is 5.12. The van der Waals surface area contributed by atoms with E-state index >= 15 is 0 Å². The normalized spacial score (nSPS) is 11.0. The monoisotopic (exact) mass is 308 g/mol. The molecule has 3 aromatic rings. The van der Waals surface area contributed by atoms with Crippen molar-refractivity contribution in [2.75, 3.05) is 0 Å². The Morgan fingerprint density at radius 3 is 2.45 bits per heavy atom. The number of aromatic nitrogens is 2. The summed E-state index contributed by atoms with van der Waals surface area (Å²) in [5.41, 5.74) is 2.23. The molecular weight excluding hydrogens is 296 g/mol. The van der Waals surface area contributed by atoms with Crippen molar-refractivity contribution in [3.05, 3.63) is 88.7 Å². The van der Waals surface area contributed by atoms with Gasteiger partial charge in [0.05, 0.1) is 16.3 Å². The molecule has 0 bridgehead atoms. The highest BCUT2D eigenvalue weighted by Crippen LogP contribution is 2.16. The molecule has 0 saturated carbocycles. The fraction of sp³-hybridized carbons (Fsp3) is 0. The van der Waals surface area contributed by atoms with E-state index in [1.54, 1.807) is 36.5 Å². The second-order valence-electron chi connectivity index (χ2n) is 4.71. The first kappa shape index (κ1) is 14.3. The topological polar surface area (TPSA) is 34.9 Å². The average molecular weight is 309 g/mol. The number of carbonyl (C=O) groups excluding carboxylic acids is 1. The molecule has 0 amide bonds. The number of benzene rings is 2. The highest BCUT2D eigenvalue weighted by molar-refractivity contribution is 6.33. The fourth-order valence-electron chi connectivity index (χ4n) is 2.04. The summed E-state index contributed by atoms with van der Waals surface area (Å²) < 4.78 is 1.30. The van der Waals surface area contributed by atoms with Crippen LogP contribution in [0.1, 0.15) is 21.6 Å². The van der Waals surface area contributed by atoms with Crippen LogP contribution in [-0.4, -0.2) is 15.7 Å². The Morgan fingerprint density at radius 1 is 0.955 bits per heavy atom. The van der Waals surface area contributed by atoms with E-state index in [9.17, 15) is 4.79 Å². The highest BCUT2D eigenvalue weighted by Gasteiger charge is 2.12. The van der Waals surface area contributed by atoms with Crippen LogP contribution < -0.4 is 0 Å². The largest absolute Gasteiger partial charge is 0.279 e. The van der Waals surface area contributed by atoms with Crippen molar-refractivity contribution in [1.29, 1.82) is 0 Å². The van der Waals surface area contributed by atoms with E-state index in [1.807, 2.05) is 42.5 Å². The van der Waals surface area contributed by atoms with Gasteiger partial charge in [0.15, 0.2) is 0 Å². The van der Waals surface area contributed by atoms with Gasteiger partial charge in [-0.05, 0) is 29.8 Å². The summed E-state index contributed by atoms with van der Waals surface area (Å²) in [5.74, 6) is -0.245. The Hall–Kier alpha value is -2.65. The number of halogens is 1. The molecule has 0 saturated heterocycles. The van der Waals surface area contributed by atoms with Crippen LogP contribution in [0.15, 0.2) is 66.9 Å². The van der Waals surface area contributed by atoms with Crippen LogP contribution in [0.25, 0.3) is 12.2 Å². The molecule has 0 aliphatic rings. The van der Waals surface area contributed by atoms with E-state index in [2.05, 4.69) is 5.10 Å². The van der Waals surface area contributed by atoms with Crippen LogP contribution in [0, 0.1) is 0 Å². The van der Waals surface area contributed by atoms with E-state index in [1.165, 1.54) is 4.68 Å². The average Bonchev–Trinajstić information content (AvgIpc) is 3.03. The molecule has 0 atom stereocenters. The minimum absolute atomic E-state index is 0.245. The van der Waals surface area contributed by atoms with Gasteiger partial charge in [-0.1, -0.05) is 60.1 Å². The Kier molecular flexibility index (Phi) is 4.17. The number of hydrogen-bond acceptors (Lipinski definition) is 2. The van der Waals surface area contributed by atoms with Crippen LogP contribution in [0.3, 0.4) is 0 Å². The molecule has 1 heterocycles. The molecule has 2 aromatic carbocycles. The lowest BCUT2D eigenvalue weighted by Gasteiger charge is -2.02. The molecule has 0 unspecified atom stereocenters. The van der Waals surface area contributed by atoms with Gasteiger partial charge < -0.3 is 0 Å². The maximum Gasteiger partial charge on any atom is 0.279 e. The predicted molar refractivity (Wildman–Crippen MR) is 88.8 cm³/mol. The van der Waals surface area contributed by atoms with Gasteiger partial charge in [0, 0.05) is 6.20 Å². The third kappa shape index (κ3) is 3.15. The zero-order valence-electron chi connectivity index (χ0n) is 11.7. The Bertz CT molecular complexity index is 822. The van der Waals surface area contributed by atoms with Crippen LogP contribution in [0.4, 0.5) is 0 Å². The summed E-state index contributed by atoms with van der Waals surface area (Å²) in [4.78, 5) is 12.3. The Morgan fingerprint density at radius 2 is 1.68 bits per heavy atom. The van der Waals surface area contributed by atoms with Crippen molar-refractivity contribution >= 4 is 29.7 Å². The summed E-state index contributed by atoms with van der Waals surface area (Å²) in [6.07, 6.45) is 5.45. The van der Waals surface area contributed by atoms with Gasteiger partial charge in [0.1, 0.15) is 0 Å². The minimum atomic E-state index is -0.245. The molecule has 108 valence electrons. The Balaban J connectivity index is 1.81. The van der Waals surface area contributed by atoms with Gasteiger partial charge in [0.2, 0.25) is 0 Å². The number of rotatable bonds is 3. The van der Waals surface area contributed by atoms with E-state index in [4.69, 9.17) is 11.6 Å². The van der Waals surface area contributed by atoms with Gasteiger partial charge in [-0.25, -0.2) is 4.68 Å². The van der Waals surface area contributed by atoms with Crippen molar-refractivity contribution in [3.8, 4) is 0 Å². The van der Waals surface area contributed by atoms with Gasteiger partial charge in [-0.15, -0.1) is 0 Å². The van der Waals surface area contributed by atoms with E-state index in [-0.39, 0.29) is 5.91 Å². The van der Waals surface area contributed by atoms with Crippen LogP contribution in [0.5, 0.6) is 0 Å². The number of nitrogens with zero attached hydrogens (tertiary/aromatic N) is 2. The van der Waals surface area contributed by atoms with Gasteiger partial charge in [-0.3, -0.25) is 4.79 Å². The standard InChI is InChI=1S/C18H13ClN2O/c19-17-9-5-4-8-16(17)18(22)21-13-12-15(20-21)11-10-14-6-2-1-3-7-14/h1-13H. The predicted octanol–water partition coefficient (Wildman–Crippen LogP) is 4.40. The second kappa shape index (κ2) is 6.41. The molecule has 22 heavy (non-hydrogen) atoms. The molecule has 0 fully saturated rings. The number of carbonyl (C=O) groups is 1.